The lowest BCUT2D eigenvalue weighted by Crippen LogP contribution is -2.38. The van der Waals surface area contributed by atoms with E-state index in [1.807, 2.05) is 0 Å². The summed E-state index contributed by atoms with van der Waals surface area (Å²) in [6.07, 6.45) is -3.99. The highest BCUT2D eigenvalue weighted by molar-refractivity contribution is 6.99. The predicted octanol–water partition coefficient (Wildman–Crippen LogP) is -0.507. The molecule has 2 unspecified atom stereocenters. The summed E-state index contributed by atoms with van der Waals surface area (Å²) in [5, 5.41) is 20.7. The molecule has 0 aliphatic heterocycles. The lowest BCUT2D eigenvalue weighted by Gasteiger charge is -2.14. The van der Waals surface area contributed by atoms with Gasteiger partial charge < -0.3 is 20.3 Å². The third-order valence-corrected chi connectivity index (χ3v) is 2.25. The van der Waals surface area contributed by atoms with Gasteiger partial charge in [0.2, 0.25) is 5.88 Å². The van der Waals surface area contributed by atoms with Crippen LogP contribution >= 0.6 is 11.7 Å². The Bertz CT molecular complexity index is 302. The first kappa shape index (κ1) is 14.2. The number of rotatable bonds is 8. The van der Waals surface area contributed by atoms with Crippen molar-refractivity contribution in [1.29, 1.82) is 0 Å². The summed E-state index contributed by atoms with van der Waals surface area (Å²) in [5.41, 5.74) is 0. The Balaban J connectivity index is 2.07. The van der Waals surface area contributed by atoms with Crippen LogP contribution in [-0.2, 0) is 0 Å². The van der Waals surface area contributed by atoms with Crippen LogP contribution in [0.5, 0.6) is 5.88 Å². The van der Waals surface area contributed by atoms with Crippen LogP contribution in [0.15, 0.2) is 6.20 Å². The Labute approximate surface area is 101 Å². The van der Waals surface area contributed by atoms with Crippen molar-refractivity contribution in [2.45, 2.75) is 18.6 Å². The standard InChI is InChI=1S/C8H13F2N3O3S/c9-8(10)6(15)2-11-1-5(14)4-16-7-3-12-17-13-7/h3,5-6,8,11,14-15H,1-2,4H2. The van der Waals surface area contributed by atoms with Gasteiger partial charge in [-0.3, -0.25) is 0 Å². The maximum atomic E-state index is 11.9. The van der Waals surface area contributed by atoms with E-state index in [9.17, 15) is 13.9 Å². The molecule has 0 radical (unpaired) electrons. The second-order valence-electron chi connectivity index (χ2n) is 3.27. The van der Waals surface area contributed by atoms with Gasteiger partial charge in [0.1, 0.15) is 25.0 Å². The number of aliphatic hydroxyl groups is 2. The first-order chi connectivity index (χ1) is 8.09. The van der Waals surface area contributed by atoms with Crippen LogP contribution in [0.25, 0.3) is 0 Å². The van der Waals surface area contributed by atoms with Gasteiger partial charge in [-0.15, -0.1) is 4.37 Å². The number of alkyl halides is 2. The molecule has 9 heteroatoms. The molecular weight excluding hydrogens is 256 g/mol. The zero-order chi connectivity index (χ0) is 12.7. The van der Waals surface area contributed by atoms with Gasteiger partial charge in [0, 0.05) is 13.1 Å². The third-order valence-electron chi connectivity index (χ3n) is 1.79. The van der Waals surface area contributed by atoms with Crippen molar-refractivity contribution < 1.29 is 23.7 Å². The molecule has 17 heavy (non-hydrogen) atoms. The monoisotopic (exact) mass is 269 g/mol. The first-order valence-electron chi connectivity index (χ1n) is 4.85. The molecule has 3 N–H and O–H groups in total. The molecule has 0 aliphatic rings. The van der Waals surface area contributed by atoms with Gasteiger partial charge >= 0.3 is 0 Å². The summed E-state index contributed by atoms with van der Waals surface area (Å²) in [6, 6.07) is 0. The minimum absolute atomic E-state index is 0.0246. The summed E-state index contributed by atoms with van der Waals surface area (Å²) >= 11 is 0.978. The number of nitrogens with zero attached hydrogens (tertiary/aromatic N) is 2. The third kappa shape index (κ3) is 5.82. The average molecular weight is 269 g/mol. The van der Waals surface area contributed by atoms with Crippen LogP contribution in [0.3, 0.4) is 0 Å². The van der Waals surface area contributed by atoms with Gasteiger partial charge in [-0.2, -0.15) is 4.37 Å². The first-order valence-corrected chi connectivity index (χ1v) is 5.58. The van der Waals surface area contributed by atoms with Crippen LogP contribution in [0, 0.1) is 0 Å². The van der Waals surface area contributed by atoms with E-state index >= 15 is 0 Å². The smallest absolute Gasteiger partial charge is 0.265 e. The number of aliphatic hydroxyl groups excluding tert-OH is 2. The van der Waals surface area contributed by atoms with Crippen LogP contribution in [0.2, 0.25) is 0 Å². The molecule has 0 amide bonds. The van der Waals surface area contributed by atoms with Crippen molar-refractivity contribution in [2.24, 2.45) is 0 Å². The Kier molecular flexibility index (Phi) is 6.19. The molecule has 0 spiro atoms. The van der Waals surface area contributed by atoms with Crippen molar-refractivity contribution in [3.05, 3.63) is 6.20 Å². The molecule has 6 nitrogen and oxygen atoms in total. The number of ether oxygens (including phenoxy) is 1. The summed E-state index contributed by atoms with van der Waals surface area (Å²) < 4.78 is 36.3. The zero-order valence-electron chi connectivity index (χ0n) is 8.79. The molecule has 2 atom stereocenters. The number of hydrogen-bond acceptors (Lipinski definition) is 7. The molecule has 1 aromatic heterocycles. The molecule has 0 saturated carbocycles. The summed E-state index contributed by atoms with van der Waals surface area (Å²) in [5.74, 6) is 0.307. The lowest BCUT2D eigenvalue weighted by molar-refractivity contribution is -0.00532. The minimum Gasteiger partial charge on any atom is -0.473 e. The molecule has 0 aliphatic carbocycles. The highest BCUT2D eigenvalue weighted by atomic mass is 32.1. The highest BCUT2D eigenvalue weighted by Crippen LogP contribution is 2.05. The fourth-order valence-electron chi connectivity index (χ4n) is 0.947. The van der Waals surface area contributed by atoms with E-state index in [0.717, 1.165) is 11.7 Å². The molecule has 1 heterocycles. The fourth-order valence-corrected chi connectivity index (χ4v) is 1.31. The maximum Gasteiger partial charge on any atom is 0.265 e. The number of hydrogen-bond donors (Lipinski definition) is 3. The van der Waals surface area contributed by atoms with Crippen LogP contribution < -0.4 is 10.1 Å². The fraction of sp³-hybridized carbons (Fsp3) is 0.750. The van der Waals surface area contributed by atoms with E-state index in [4.69, 9.17) is 9.84 Å². The topological polar surface area (TPSA) is 87.5 Å². The highest BCUT2D eigenvalue weighted by Gasteiger charge is 2.16. The quantitative estimate of drug-likeness (QED) is 0.589. The van der Waals surface area contributed by atoms with Crippen LogP contribution in [-0.4, -0.2) is 57.3 Å². The van der Waals surface area contributed by atoms with Gasteiger partial charge in [-0.05, 0) is 0 Å². The number of nitrogens with one attached hydrogen (secondary N) is 1. The average Bonchev–Trinajstić information content (AvgIpc) is 2.78. The minimum atomic E-state index is -2.79. The maximum absolute atomic E-state index is 11.9. The molecule has 1 rings (SSSR count). The zero-order valence-corrected chi connectivity index (χ0v) is 9.61. The van der Waals surface area contributed by atoms with Gasteiger partial charge in [-0.25, -0.2) is 8.78 Å². The Morgan fingerprint density at radius 2 is 2.18 bits per heavy atom. The summed E-state index contributed by atoms with van der Waals surface area (Å²) in [6.45, 7) is -0.266. The van der Waals surface area contributed by atoms with Gasteiger partial charge in [0.25, 0.3) is 6.43 Å². The van der Waals surface area contributed by atoms with Crippen molar-refractivity contribution >= 4 is 11.7 Å². The number of aromatic nitrogens is 2. The largest absolute Gasteiger partial charge is 0.473 e. The second-order valence-corrected chi connectivity index (χ2v) is 3.83. The van der Waals surface area contributed by atoms with Gasteiger partial charge in [-0.1, -0.05) is 0 Å². The van der Waals surface area contributed by atoms with E-state index in [1.54, 1.807) is 0 Å². The number of halogens is 2. The molecule has 1 aromatic rings. The lowest BCUT2D eigenvalue weighted by atomic mass is 10.3. The molecule has 0 aromatic carbocycles. The van der Waals surface area contributed by atoms with E-state index in [0.29, 0.717) is 5.88 Å². The van der Waals surface area contributed by atoms with Crippen LogP contribution in [0.4, 0.5) is 8.78 Å². The Morgan fingerprint density at radius 3 is 2.76 bits per heavy atom. The van der Waals surface area contributed by atoms with E-state index in [2.05, 4.69) is 14.1 Å². The SMILES string of the molecule is OC(CNCC(O)C(F)F)COc1cnsn1. The van der Waals surface area contributed by atoms with Crippen molar-refractivity contribution in [3.8, 4) is 5.88 Å². The molecule has 0 saturated heterocycles. The normalized spacial score (nSPS) is 14.9. The Morgan fingerprint density at radius 1 is 1.41 bits per heavy atom. The van der Waals surface area contributed by atoms with Gasteiger partial charge in [0.05, 0.1) is 11.7 Å². The van der Waals surface area contributed by atoms with E-state index in [-0.39, 0.29) is 19.7 Å². The van der Waals surface area contributed by atoms with Crippen molar-refractivity contribution in [2.75, 3.05) is 19.7 Å². The Hall–Kier alpha value is -0.900. The van der Waals surface area contributed by atoms with Crippen molar-refractivity contribution in [3.63, 3.8) is 0 Å². The van der Waals surface area contributed by atoms with Crippen molar-refractivity contribution in [1.82, 2.24) is 14.1 Å². The van der Waals surface area contributed by atoms with E-state index < -0.39 is 18.6 Å². The van der Waals surface area contributed by atoms with E-state index in [1.165, 1.54) is 6.20 Å². The summed E-state index contributed by atoms with van der Waals surface area (Å²) in [7, 11) is 0. The second kappa shape index (κ2) is 7.43. The molecule has 0 bridgehead atoms. The molecule has 0 fully saturated rings. The molecule has 98 valence electrons. The predicted molar refractivity (Wildman–Crippen MR) is 56.3 cm³/mol. The molecular formula is C8H13F2N3O3S. The summed E-state index contributed by atoms with van der Waals surface area (Å²) in [4.78, 5) is 0. The van der Waals surface area contributed by atoms with Crippen LogP contribution in [0.1, 0.15) is 0 Å². The van der Waals surface area contributed by atoms with Gasteiger partial charge in [0.15, 0.2) is 0 Å².